The Labute approximate surface area is 128 Å². The molecule has 0 unspecified atom stereocenters. The van der Waals surface area contributed by atoms with E-state index in [0.29, 0.717) is 17.9 Å². The van der Waals surface area contributed by atoms with Gasteiger partial charge in [-0.3, -0.25) is 4.79 Å². The summed E-state index contributed by atoms with van der Waals surface area (Å²) in [4.78, 5) is 10.9. The normalized spacial score (nSPS) is 11.4. The van der Waals surface area contributed by atoms with E-state index in [-0.39, 0.29) is 16.9 Å². The lowest BCUT2D eigenvalue weighted by atomic mass is 10.1. The lowest BCUT2D eigenvalue weighted by Gasteiger charge is -2.13. The maximum absolute atomic E-state index is 13.3. The summed E-state index contributed by atoms with van der Waals surface area (Å²) >= 11 is 0. The van der Waals surface area contributed by atoms with Crippen molar-refractivity contribution >= 4 is 6.29 Å². The zero-order valence-electron chi connectivity index (χ0n) is 11.9. The molecule has 0 aliphatic carbocycles. The average molecular weight is 330 g/mol. The van der Waals surface area contributed by atoms with Crippen LogP contribution in [0.4, 0.5) is 22.0 Å². The number of rotatable bonds is 4. The summed E-state index contributed by atoms with van der Waals surface area (Å²) in [6.07, 6.45) is -4.31. The summed E-state index contributed by atoms with van der Waals surface area (Å²) in [5, 5.41) is 0. The molecule has 0 atom stereocenters. The van der Waals surface area contributed by atoms with Crippen molar-refractivity contribution in [3.8, 4) is 5.75 Å². The molecule has 23 heavy (non-hydrogen) atoms. The molecule has 0 N–H and O–H groups in total. The van der Waals surface area contributed by atoms with E-state index < -0.39 is 30.0 Å². The zero-order chi connectivity index (χ0) is 17.2. The Morgan fingerprint density at radius 1 is 1.04 bits per heavy atom. The molecule has 122 valence electrons. The summed E-state index contributed by atoms with van der Waals surface area (Å²) < 4.78 is 69.7. The Morgan fingerprint density at radius 3 is 2.30 bits per heavy atom. The quantitative estimate of drug-likeness (QED) is 0.601. The van der Waals surface area contributed by atoms with Crippen LogP contribution in [0, 0.1) is 18.6 Å². The fourth-order valence-corrected chi connectivity index (χ4v) is 2.09. The van der Waals surface area contributed by atoms with Gasteiger partial charge in [0.2, 0.25) is 0 Å². The molecule has 0 bridgehead atoms. The third kappa shape index (κ3) is 4.06. The molecule has 0 heterocycles. The minimum atomic E-state index is -4.68. The monoisotopic (exact) mass is 330 g/mol. The minimum absolute atomic E-state index is 0.0409. The van der Waals surface area contributed by atoms with Gasteiger partial charge < -0.3 is 4.74 Å². The number of benzene rings is 2. The van der Waals surface area contributed by atoms with Crippen LogP contribution in [0.15, 0.2) is 30.3 Å². The molecular formula is C16H11F5O2. The summed E-state index contributed by atoms with van der Waals surface area (Å²) in [6.45, 7) is 1.09. The maximum Gasteiger partial charge on any atom is 0.416 e. The van der Waals surface area contributed by atoms with Crippen LogP contribution in [0.3, 0.4) is 0 Å². The molecule has 0 radical (unpaired) electrons. The molecule has 0 aliphatic rings. The molecule has 2 nitrogen and oxygen atoms in total. The molecule has 0 amide bonds. The summed E-state index contributed by atoms with van der Waals surface area (Å²) in [7, 11) is 0. The Balaban J connectivity index is 2.29. The van der Waals surface area contributed by atoms with Crippen molar-refractivity contribution in [2.45, 2.75) is 19.7 Å². The van der Waals surface area contributed by atoms with Crippen molar-refractivity contribution in [2.75, 3.05) is 0 Å². The first-order chi connectivity index (χ1) is 10.7. The smallest absolute Gasteiger partial charge is 0.416 e. The summed E-state index contributed by atoms with van der Waals surface area (Å²) in [6, 6.07) is 4.10. The van der Waals surface area contributed by atoms with E-state index in [2.05, 4.69) is 0 Å². The number of aryl methyl sites for hydroxylation is 1. The molecule has 0 saturated carbocycles. The summed E-state index contributed by atoms with van der Waals surface area (Å²) in [5.41, 5.74) is -0.963. The topological polar surface area (TPSA) is 26.3 Å². The van der Waals surface area contributed by atoms with Gasteiger partial charge in [-0.25, -0.2) is 8.78 Å². The Bertz CT molecular complexity index is 738. The predicted molar refractivity (Wildman–Crippen MR) is 72.3 cm³/mol. The molecule has 0 aliphatic heterocycles. The van der Waals surface area contributed by atoms with Crippen LogP contribution in [-0.4, -0.2) is 6.29 Å². The first kappa shape index (κ1) is 16.9. The van der Waals surface area contributed by atoms with Crippen molar-refractivity contribution < 1.29 is 31.5 Å². The highest BCUT2D eigenvalue weighted by Gasteiger charge is 2.31. The Hall–Kier alpha value is -2.44. The molecular weight excluding hydrogens is 319 g/mol. The van der Waals surface area contributed by atoms with E-state index in [9.17, 15) is 26.7 Å². The highest BCUT2D eigenvalue weighted by molar-refractivity contribution is 5.80. The van der Waals surface area contributed by atoms with Crippen molar-refractivity contribution in [3.05, 3.63) is 64.2 Å². The number of halogens is 5. The van der Waals surface area contributed by atoms with Crippen LogP contribution in [0.2, 0.25) is 0 Å². The predicted octanol–water partition coefficient (Wildman–Crippen LogP) is 4.68. The van der Waals surface area contributed by atoms with Crippen LogP contribution in [-0.2, 0) is 12.8 Å². The van der Waals surface area contributed by atoms with Crippen molar-refractivity contribution in [3.63, 3.8) is 0 Å². The number of aldehydes is 1. The highest BCUT2D eigenvalue weighted by atomic mass is 19.4. The van der Waals surface area contributed by atoms with Crippen molar-refractivity contribution in [1.29, 1.82) is 0 Å². The Kier molecular flexibility index (Phi) is 4.68. The van der Waals surface area contributed by atoms with Crippen LogP contribution < -0.4 is 4.74 Å². The van der Waals surface area contributed by atoms with Crippen molar-refractivity contribution in [2.24, 2.45) is 0 Å². The molecule has 2 aromatic carbocycles. The lowest BCUT2D eigenvalue weighted by Crippen LogP contribution is -2.08. The lowest BCUT2D eigenvalue weighted by molar-refractivity contribution is -0.137. The molecule has 2 rings (SSSR count). The number of ether oxygens (including phenoxy) is 1. The largest absolute Gasteiger partial charge is 0.488 e. The van der Waals surface area contributed by atoms with E-state index >= 15 is 0 Å². The van der Waals surface area contributed by atoms with Crippen LogP contribution in [0.25, 0.3) is 0 Å². The zero-order valence-corrected chi connectivity index (χ0v) is 11.9. The SMILES string of the molecule is Cc1cc(F)cc(C=O)c1OCc1cc(F)cc(C(F)(F)F)c1. The molecule has 0 aromatic heterocycles. The van der Waals surface area contributed by atoms with Gasteiger partial charge in [0.15, 0.2) is 6.29 Å². The van der Waals surface area contributed by atoms with Crippen molar-refractivity contribution in [1.82, 2.24) is 0 Å². The summed E-state index contributed by atoms with van der Waals surface area (Å²) in [5.74, 6) is -1.65. The number of carbonyl (C=O) groups excluding carboxylic acids is 1. The molecule has 0 saturated heterocycles. The van der Waals surface area contributed by atoms with Gasteiger partial charge in [-0.05, 0) is 48.4 Å². The first-order valence-corrected chi connectivity index (χ1v) is 6.45. The number of carbonyl (C=O) groups is 1. The van der Waals surface area contributed by atoms with Gasteiger partial charge in [0, 0.05) is 0 Å². The third-order valence-corrected chi connectivity index (χ3v) is 3.06. The maximum atomic E-state index is 13.3. The van der Waals surface area contributed by atoms with E-state index in [1.807, 2.05) is 0 Å². The average Bonchev–Trinajstić information content (AvgIpc) is 2.44. The van der Waals surface area contributed by atoms with Gasteiger partial charge in [0.25, 0.3) is 0 Å². The fraction of sp³-hybridized carbons (Fsp3) is 0.188. The second-order valence-electron chi connectivity index (χ2n) is 4.89. The number of hydrogen-bond donors (Lipinski definition) is 0. The first-order valence-electron chi connectivity index (χ1n) is 6.45. The molecule has 2 aromatic rings. The second-order valence-corrected chi connectivity index (χ2v) is 4.89. The molecule has 7 heteroatoms. The second kappa shape index (κ2) is 6.36. The minimum Gasteiger partial charge on any atom is -0.488 e. The van der Waals surface area contributed by atoms with E-state index in [1.165, 1.54) is 6.92 Å². The van der Waals surface area contributed by atoms with E-state index in [4.69, 9.17) is 4.74 Å². The Morgan fingerprint density at radius 2 is 1.70 bits per heavy atom. The standard InChI is InChI=1S/C16H11F5O2/c1-9-2-13(17)5-11(7-22)15(9)23-8-10-3-12(16(19,20)21)6-14(18)4-10/h2-7H,8H2,1H3. The van der Waals surface area contributed by atoms with Gasteiger partial charge in [0.05, 0.1) is 11.1 Å². The highest BCUT2D eigenvalue weighted by Crippen LogP contribution is 2.31. The van der Waals surface area contributed by atoms with Crippen LogP contribution in [0.5, 0.6) is 5.75 Å². The number of hydrogen-bond acceptors (Lipinski definition) is 2. The van der Waals surface area contributed by atoms with E-state index in [0.717, 1.165) is 24.3 Å². The third-order valence-electron chi connectivity index (χ3n) is 3.06. The van der Waals surface area contributed by atoms with Gasteiger partial charge >= 0.3 is 6.18 Å². The van der Waals surface area contributed by atoms with Crippen LogP contribution in [0.1, 0.15) is 27.0 Å². The van der Waals surface area contributed by atoms with Gasteiger partial charge in [-0.15, -0.1) is 0 Å². The van der Waals surface area contributed by atoms with E-state index in [1.54, 1.807) is 0 Å². The molecule has 0 spiro atoms. The van der Waals surface area contributed by atoms with Crippen LogP contribution >= 0.6 is 0 Å². The van der Waals surface area contributed by atoms with Gasteiger partial charge in [-0.2, -0.15) is 13.2 Å². The molecule has 0 fully saturated rings. The number of alkyl halides is 3. The fourth-order valence-electron chi connectivity index (χ4n) is 2.09. The van der Waals surface area contributed by atoms with Gasteiger partial charge in [-0.1, -0.05) is 0 Å². The van der Waals surface area contributed by atoms with Gasteiger partial charge in [0.1, 0.15) is 24.0 Å².